The van der Waals surface area contributed by atoms with Gasteiger partial charge in [-0.1, -0.05) is 19.9 Å². The first-order chi connectivity index (χ1) is 17.1. The Bertz CT molecular complexity index is 1100. The van der Waals surface area contributed by atoms with E-state index in [0.717, 1.165) is 5.56 Å². The molecule has 0 aliphatic carbocycles. The predicted molar refractivity (Wildman–Crippen MR) is 133 cm³/mol. The van der Waals surface area contributed by atoms with E-state index in [2.05, 4.69) is 19.2 Å². The summed E-state index contributed by atoms with van der Waals surface area (Å²) in [6.07, 6.45) is -3.68. The Hall–Kier alpha value is -2.51. The van der Waals surface area contributed by atoms with Gasteiger partial charge in [-0.3, -0.25) is 4.79 Å². The third kappa shape index (κ3) is 6.06. The van der Waals surface area contributed by atoms with Crippen LogP contribution in [0.15, 0.2) is 18.2 Å². The monoisotopic (exact) mass is 524 g/mol. The second-order valence-electron chi connectivity index (χ2n) is 9.29. The second kappa shape index (κ2) is 12.2. The number of benzene rings is 1. The van der Waals surface area contributed by atoms with Crippen LogP contribution in [0.3, 0.4) is 0 Å². The van der Waals surface area contributed by atoms with Gasteiger partial charge in [0.05, 0.1) is 20.8 Å². The summed E-state index contributed by atoms with van der Waals surface area (Å²) >= 11 is 5.75. The molecule has 0 unspecified atom stereocenters. The Kier molecular flexibility index (Phi) is 9.47. The summed E-state index contributed by atoms with van der Waals surface area (Å²) in [4.78, 5) is 11.9. The van der Waals surface area contributed by atoms with Gasteiger partial charge < -0.3 is 39.4 Å². The van der Waals surface area contributed by atoms with Crippen molar-refractivity contribution >= 4 is 18.1 Å². The summed E-state index contributed by atoms with van der Waals surface area (Å²) in [6.45, 7) is 5.52. The summed E-state index contributed by atoms with van der Waals surface area (Å²) in [5.41, 5.74) is 1.02. The molecule has 0 saturated carbocycles. The summed E-state index contributed by atoms with van der Waals surface area (Å²) in [5, 5.41) is 38.1. The fourth-order valence-electron chi connectivity index (χ4n) is 4.34. The maximum atomic E-state index is 11.9. The Morgan fingerprint density at radius 3 is 2.47 bits per heavy atom. The Morgan fingerprint density at radius 1 is 1.19 bits per heavy atom. The molecule has 11 nitrogen and oxygen atoms in total. The van der Waals surface area contributed by atoms with E-state index in [1.807, 2.05) is 22.8 Å². The molecule has 36 heavy (non-hydrogen) atoms. The third-order valence-electron chi connectivity index (χ3n) is 6.11. The normalized spacial score (nSPS) is 24.1. The number of nitrogens with zero attached hydrogens (tertiary/aromatic N) is 3. The maximum absolute atomic E-state index is 11.9. The minimum Gasteiger partial charge on any atom is -0.493 e. The lowest BCUT2D eigenvalue weighted by Crippen LogP contribution is -2.62. The number of rotatable bonds is 10. The van der Waals surface area contributed by atoms with Crippen LogP contribution < -0.4 is 14.8 Å². The molecule has 1 aromatic heterocycles. The quantitative estimate of drug-likeness (QED) is 0.335. The van der Waals surface area contributed by atoms with Crippen LogP contribution in [0, 0.1) is 10.7 Å². The molecule has 2 heterocycles. The van der Waals surface area contributed by atoms with Crippen LogP contribution in [-0.2, 0) is 28.9 Å². The lowest BCUT2D eigenvalue weighted by molar-refractivity contribution is -0.219. The smallest absolute Gasteiger partial charge is 0.217 e. The molecule has 1 aromatic carbocycles. The topological polar surface area (TPSA) is 140 Å². The number of carbonyl (C=O) groups excluding carboxylic acids is 1. The van der Waals surface area contributed by atoms with Gasteiger partial charge in [-0.15, -0.1) is 0 Å². The van der Waals surface area contributed by atoms with Gasteiger partial charge in [0, 0.05) is 19.9 Å². The van der Waals surface area contributed by atoms with Crippen LogP contribution in [0.5, 0.6) is 11.5 Å². The highest BCUT2D eigenvalue weighted by Crippen LogP contribution is 2.30. The molecule has 1 aliphatic heterocycles. The van der Waals surface area contributed by atoms with Crippen molar-refractivity contribution in [3.63, 3.8) is 0 Å². The van der Waals surface area contributed by atoms with Crippen molar-refractivity contribution in [2.75, 3.05) is 20.8 Å². The molecule has 1 saturated heterocycles. The Balaban J connectivity index is 1.97. The minimum absolute atomic E-state index is 0.269. The Labute approximate surface area is 215 Å². The van der Waals surface area contributed by atoms with Crippen molar-refractivity contribution in [1.82, 2.24) is 19.7 Å². The van der Waals surface area contributed by atoms with Gasteiger partial charge in [0.1, 0.15) is 30.2 Å². The summed E-state index contributed by atoms with van der Waals surface area (Å²) < 4.78 is 20.3. The number of carbonyl (C=O) groups is 1. The summed E-state index contributed by atoms with van der Waals surface area (Å²) in [5.74, 6) is 1.84. The number of hydrogen-bond donors (Lipinski definition) is 4. The molecule has 4 N–H and O–H groups in total. The fourth-order valence-corrected chi connectivity index (χ4v) is 4.67. The zero-order valence-corrected chi connectivity index (χ0v) is 22.1. The number of aliphatic hydroxyl groups excluding tert-OH is 3. The highest BCUT2D eigenvalue weighted by atomic mass is 32.1. The summed E-state index contributed by atoms with van der Waals surface area (Å²) in [7, 11) is 3.17. The second-order valence-corrected chi connectivity index (χ2v) is 9.66. The van der Waals surface area contributed by atoms with Crippen molar-refractivity contribution in [3.8, 4) is 11.5 Å². The number of hydrogen-bond acceptors (Lipinski definition) is 9. The minimum atomic E-state index is -1.39. The van der Waals surface area contributed by atoms with E-state index >= 15 is 0 Å². The highest BCUT2D eigenvalue weighted by molar-refractivity contribution is 7.71. The molecule has 5 atom stereocenters. The van der Waals surface area contributed by atoms with Gasteiger partial charge in [-0.2, -0.15) is 5.10 Å². The zero-order valence-electron chi connectivity index (χ0n) is 21.2. The molecule has 1 aliphatic rings. The molecule has 0 radical (unpaired) electrons. The number of nitrogens with one attached hydrogen (secondary N) is 1. The average Bonchev–Trinajstić information content (AvgIpc) is 3.14. The number of aliphatic hydroxyl groups is 3. The van der Waals surface area contributed by atoms with Crippen LogP contribution in [0.25, 0.3) is 0 Å². The molecule has 0 bridgehead atoms. The molecule has 3 rings (SSSR count). The first kappa shape index (κ1) is 28.1. The SMILES string of the molecule is COc1ccc(CCc2nn([C@@H]3O[C@H](CO)[C@@H](O)[C@H](O)[C@H]3NC(C)=O)c(=S)n2CC(C)C)cc1OC. The molecular formula is C24H36N4O7S. The highest BCUT2D eigenvalue weighted by Gasteiger charge is 2.46. The van der Waals surface area contributed by atoms with E-state index in [1.54, 1.807) is 14.2 Å². The van der Waals surface area contributed by atoms with E-state index in [4.69, 9.17) is 31.5 Å². The summed E-state index contributed by atoms with van der Waals surface area (Å²) in [6, 6.07) is 4.70. The van der Waals surface area contributed by atoms with Crippen molar-refractivity contribution < 1.29 is 34.3 Å². The number of methoxy groups -OCH3 is 2. The van der Waals surface area contributed by atoms with Gasteiger partial charge in [-0.25, -0.2) is 4.68 Å². The van der Waals surface area contributed by atoms with Gasteiger partial charge in [0.25, 0.3) is 0 Å². The van der Waals surface area contributed by atoms with Crippen LogP contribution in [0.1, 0.15) is 38.4 Å². The number of aromatic nitrogens is 3. The Morgan fingerprint density at radius 2 is 1.89 bits per heavy atom. The molecule has 1 fully saturated rings. The van der Waals surface area contributed by atoms with Crippen LogP contribution >= 0.6 is 12.2 Å². The number of amides is 1. The van der Waals surface area contributed by atoms with Crippen molar-refractivity contribution in [3.05, 3.63) is 34.4 Å². The fraction of sp³-hybridized carbons (Fsp3) is 0.625. The van der Waals surface area contributed by atoms with Gasteiger partial charge in [0.2, 0.25) is 5.91 Å². The van der Waals surface area contributed by atoms with Crippen LogP contribution in [-0.4, -0.2) is 80.8 Å². The van der Waals surface area contributed by atoms with Crippen LogP contribution in [0.4, 0.5) is 0 Å². The van der Waals surface area contributed by atoms with Crippen molar-refractivity contribution in [2.45, 2.75) is 70.7 Å². The average molecular weight is 525 g/mol. The largest absolute Gasteiger partial charge is 0.493 e. The van der Waals surface area contributed by atoms with E-state index in [0.29, 0.717) is 41.5 Å². The zero-order chi connectivity index (χ0) is 26.6. The molecule has 2 aromatic rings. The molecule has 0 spiro atoms. The molecule has 12 heteroatoms. The van der Waals surface area contributed by atoms with Crippen LogP contribution in [0.2, 0.25) is 0 Å². The molecular weight excluding hydrogens is 488 g/mol. The van der Waals surface area contributed by atoms with Crippen molar-refractivity contribution in [1.29, 1.82) is 0 Å². The maximum Gasteiger partial charge on any atom is 0.217 e. The van der Waals surface area contributed by atoms with Crippen molar-refractivity contribution in [2.24, 2.45) is 5.92 Å². The van der Waals surface area contributed by atoms with Gasteiger partial charge >= 0.3 is 0 Å². The van der Waals surface area contributed by atoms with E-state index in [1.165, 1.54) is 11.6 Å². The van der Waals surface area contributed by atoms with E-state index < -0.39 is 43.1 Å². The van der Waals surface area contributed by atoms with E-state index in [-0.39, 0.29) is 5.92 Å². The lowest BCUT2D eigenvalue weighted by atomic mass is 9.96. The van der Waals surface area contributed by atoms with Gasteiger partial charge in [-0.05, 0) is 42.3 Å². The number of ether oxygens (including phenoxy) is 3. The predicted octanol–water partition coefficient (Wildman–Crippen LogP) is 0.989. The lowest BCUT2D eigenvalue weighted by Gasteiger charge is -2.42. The first-order valence-electron chi connectivity index (χ1n) is 11.9. The molecule has 1 amide bonds. The van der Waals surface area contributed by atoms with E-state index in [9.17, 15) is 20.1 Å². The third-order valence-corrected chi connectivity index (χ3v) is 6.51. The molecule has 200 valence electrons. The standard InChI is InChI=1S/C24H36N4O7S/c1-13(2)11-27-19(9-7-15-6-8-16(33-4)17(10-15)34-5)26-28(24(27)36)23-20(25-14(3)30)22(32)21(31)18(12-29)35-23/h6,8,10,13,18,20-23,29,31-32H,7,9,11-12H2,1-5H3,(H,25,30)/t18-,20-,21-,22-,23-/m1/s1. The first-order valence-corrected chi connectivity index (χ1v) is 12.3. The van der Waals surface area contributed by atoms with Gasteiger partial charge in [0.15, 0.2) is 22.5 Å². The number of aryl methyl sites for hydroxylation is 2.